The molecule has 15 heavy (non-hydrogen) atoms. The number of carbonyl (C=O) groups is 1. The second-order valence-corrected chi connectivity index (χ2v) is 4.80. The van der Waals surface area contributed by atoms with E-state index in [2.05, 4.69) is 19.1 Å². The fourth-order valence-electron chi connectivity index (χ4n) is 3.45. The van der Waals surface area contributed by atoms with Crippen LogP contribution in [0.4, 0.5) is 0 Å². The van der Waals surface area contributed by atoms with Gasteiger partial charge in [-0.3, -0.25) is 4.79 Å². The lowest BCUT2D eigenvalue weighted by Gasteiger charge is -2.26. The molecule has 0 spiro atoms. The van der Waals surface area contributed by atoms with Crippen molar-refractivity contribution in [1.82, 2.24) is 0 Å². The first-order valence-corrected chi connectivity index (χ1v) is 6.01. The molecule has 0 aromatic carbocycles. The Morgan fingerprint density at radius 2 is 2.00 bits per heavy atom. The number of methoxy groups -OCH3 is 1. The largest absolute Gasteiger partial charge is 0.469 e. The van der Waals surface area contributed by atoms with Crippen LogP contribution in [-0.2, 0) is 9.53 Å². The van der Waals surface area contributed by atoms with Crippen LogP contribution in [0.1, 0.15) is 32.6 Å². The van der Waals surface area contributed by atoms with Crippen LogP contribution in [0.2, 0.25) is 0 Å². The average molecular weight is 208 g/mol. The Bertz CT molecular complexity index is 270. The highest BCUT2D eigenvalue weighted by Crippen LogP contribution is 2.50. The lowest BCUT2D eigenvalue weighted by Crippen LogP contribution is -2.20. The normalized spacial score (nSPS) is 37.2. The molecular formula is C13H20O2. The van der Waals surface area contributed by atoms with Crippen molar-refractivity contribution in [2.75, 3.05) is 7.11 Å². The van der Waals surface area contributed by atoms with Crippen LogP contribution in [-0.4, -0.2) is 13.1 Å². The van der Waals surface area contributed by atoms with Crippen molar-refractivity contribution in [2.45, 2.75) is 32.6 Å². The Labute approximate surface area is 91.7 Å². The van der Waals surface area contributed by atoms with E-state index in [1.54, 1.807) is 0 Å². The molecule has 4 unspecified atom stereocenters. The molecule has 4 atom stereocenters. The van der Waals surface area contributed by atoms with E-state index < -0.39 is 0 Å². The van der Waals surface area contributed by atoms with E-state index in [0.717, 1.165) is 30.1 Å². The molecule has 0 saturated heterocycles. The van der Waals surface area contributed by atoms with Crippen LogP contribution in [0, 0.1) is 23.7 Å². The van der Waals surface area contributed by atoms with Gasteiger partial charge in [0.25, 0.3) is 0 Å². The van der Waals surface area contributed by atoms with Gasteiger partial charge in [-0.1, -0.05) is 25.5 Å². The summed E-state index contributed by atoms with van der Waals surface area (Å²) in [4.78, 5) is 11.1. The summed E-state index contributed by atoms with van der Waals surface area (Å²) in [5.41, 5.74) is 0. The SMILES string of the molecule is CCC1C2C=CC(C2)C1CCC(=O)OC. The van der Waals surface area contributed by atoms with Crippen LogP contribution in [0.25, 0.3) is 0 Å². The van der Waals surface area contributed by atoms with E-state index >= 15 is 0 Å². The Morgan fingerprint density at radius 1 is 1.33 bits per heavy atom. The Balaban J connectivity index is 1.91. The van der Waals surface area contributed by atoms with E-state index in [4.69, 9.17) is 4.74 Å². The summed E-state index contributed by atoms with van der Waals surface area (Å²) in [7, 11) is 1.47. The minimum Gasteiger partial charge on any atom is -0.469 e. The van der Waals surface area contributed by atoms with E-state index in [0.29, 0.717) is 6.42 Å². The topological polar surface area (TPSA) is 26.3 Å². The van der Waals surface area contributed by atoms with Gasteiger partial charge in [-0.15, -0.1) is 0 Å². The molecule has 2 heteroatoms. The summed E-state index contributed by atoms with van der Waals surface area (Å²) in [5, 5.41) is 0. The molecular weight excluding hydrogens is 188 g/mol. The summed E-state index contributed by atoms with van der Waals surface area (Å²) in [6.07, 6.45) is 8.92. The van der Waals surface area contributed by atoms with Crippen molar-refractivity contribution in [3.8, 4) is 0 Å². The Morgan fingerprint density at radius 3 is 2.60 bits per heavy atom. The average Bonchev–Trinajstić information content (AvgIpc) is 2.85. The highest BCUT2D eigenvalue weighted by atomic mass is 16.5. The monoisotopic (exact) mass is 208 g/mol. The van der Waals surface area contributed by atoms with Crippen LogP contribution in [0.15, 0.2) is 12.2 Å². The van der Waals surface area contributed by atoms with Gasteiger partial charge in [0.2, 0.25) is 0 Å². The van der Waals surface area contributed by atoms with Crippen LogP contribution in [0.3, 0.4) is 0 Å². The number of esters is 1. The first-order valence-electron chi connectivity index (χ1n) is 6.01. The second-order valence-electron chi connectivity index (χ2n) is 4.80. The third-order valence-electron chi connectivity index (χ3n) is 4.18. The van der Waals surface area contributed by atoms with E-state index in [1.165, 1.54) is 20.0 Å². The highest BCUT2D eigenvalue weighted by molar-refractivity contribution is 5.69. The van der Waals surface area contributed by atoms with Crippen LogP contribution < -0.4 is 0 Å². The molecule has 0 heterocycles. The minimum absolute atomic E-state index is 0.0587. The molecule has 0 aromatic heterocycles. The van der Waals surface area contributed by atoms with Gasteiger partial charge in [-0.25, -0.2) is 0 Å². The zero-order chi connectivity index (χ0) is 10.8. The van der Waals surface area contributed by atoms with Crippen molar-refractivity contribution in [3.05, 3.63) is 12.2 Å². The number of carbonyl (C=O) groups excluding carboxylic acids is 1. The first-order chi connectivity index (χ1) is 7.26. The highest BCUT2D eigenvalue weighted by Gasteiger charge is 2.42. The smallest absolute Gasteiger partial charge is 0.305 e. The Kier molecular flexibility index (Phi) is 3.13. The van der Waals surface area contributed by atoms with Crippen molar-refractivity contribution < 1.29 is 9.53 Å². The number of hydrogen-bond donors (Lipinski definition) is 0. The Hall–Kier alpha value is -0.790. The van der Waals surface area contributed by atoms with E-state index in [-0.39, 0.29) is 5.97 Å². The minimum atomic E-state index is -0.0587. The summed E-state index contributed by atoms with van der Waals surface area (Å²) in [6, 6.07) is 0. The zero-order valence-corrected chi connectivity index (χ0v) is 9.61. The van der Waals surface area contributed by atoms with Gasteiger partial charge in [0.1, 0.15) is 0 Å². The number of hydrogen-bond acceptors (Lipinski definition) is 2. The molecule has 1 fully saturated rings. The van der Waals surface area contributed by atoms with Crippen molar-refractivity contribution in [1.29, 1.82) is 0 Å². The molecule has 0 radical (unpaired) electrons. The molecule has 0 aliphatic heterocycles. The van der Waals surface area contributed by atoms with Crippen LogP contribution >= 0.6 is 0 Å². The summed E-state index contributed by atoms with van der Waals surface area (Å²) >= 11 is 0. The lowest BCUT2D eigenvalue weighted by molar-refractivity contribution is -0.141. The number of ether oxygens (including phenoxy) is 1. The van der Waals surface area contributed by atoms with Gasteiger partial charge in [-0.05, 0) is 36.5 Å². The maximum atomic E-state index is 11.1. The molecule has 1 saturated carbocycles. The zero-order valence-electron chi connectivity index (χ0n) is 9.61. The summed E-state index contributed by atoms with van der Waals surface area (Å²) in [5.74, 6) is 3.01. The van der Waals surface area contributed by atoms with Crippen molar-refractivity contribution in [2.24, 2.45) is 23.7 Å². The summed E-state index contributed by atoms with van der Waals surface area (Å²) in [6.45, 7) is 2.27. The fourth-order valence-corrected chi connectivity index (χ4v) is 3.45. The fraction of sp³-hybridized carbons (Fsp3) is 0.769. The van der Waals surface area contributed by atoms with E-state index in [1.807, 2.05) is 0 Å². The van der Waals surface area contributed by atoms with E-state index in [9.17, 15) is 4.79 Å². The van der Waals surface area contributed by atoms with Crippen LogP contribution in [0.5, 0.6) is 0 Å². The number of rotatable bonds is 4. The third-order valence-corrected chi connectivity index (χ3v) is 4.18. The third kappa shape index (κ3) is 1.95. The molecule has 2 aliphatic rings. The van der Waals surface area contributed by atoms with Crippen molar-refractivity contribution in [3.63, 3.8) is 0 Å². The molecule has 2 aliphatic carbocycles. The molecule has 0 aromatic rings. The summed E-state index contributed by atoms with van der Waals surface area (Å²) < 4.78 is 4.70. The quantitative estimate of drug-likeness (QED) is 0.524. The van der Waals surface area contributed by atoms with Gasteiger partial charge in [0, 0.05) is 6.42 Å². The molecule has 0 amide bonds. The standard InChI is InChI=1S/C13H20O2/c1-3-11-9-4-5-10(8-9)12(11)6-7-13(14)15-2/h4-5,9-12H,3,6-8H2,1-2H3. The predicted octanol–water partition coefficient (Wildman–Crippen LogP) is 2.79. The molecule has 2 bridgehead atoms. The van der Waals surface area contributed by atoms with Crippen molar-refractivity contribution >= 4 is 5.97 Å². The molecule has 84 valence electrons. The maximum Gasteiger partial charge on any atom is 0.305 e. The van der Waals surface area contributed by atoms with Gasteiger partial charge in [0.05, 0.1) is 7.11 Å². The number of allylic oxidation sites excluding steroid dienone is 2. The molecule has 2 rings (SSSR count). The second kappa shape index (κ2) is 4.38. The maximum absolute atomic E-state index is 11.1. The predicted molar refractivity (Wildman–Crippen MR) is 59.3 cm³/mol. The lowest BCUT2D eigenvalue weighted by atomic mass is 9.79. The van der Waals surface area contributed by atoms with Gasteiger partial charge < -0.3 is 4.74 Å². The molecule has 2 nitrogen and oxygen atoms in total. The van der Waals surface area contributed by atoms with Gasteiger partial charge >= 0.3 is 5.97 Å². The van der Waals surface area contributed by atoms with Gasteiger partial charge in [0.15, 0.2) is 0 Å². The van der Waals surface area contributed by atoms with Gasteiger partial charge in [-0.2, -0.15) is 0 Å². The first kappa shape index (κ1) is 10.7. The number of fused-ring (bicyclic) bond motifs is 2. The molecule has 0 N–H and O–H groups in total.